The van der Waals surface area contributed by atoms with Crippen molar-refractivity contribution >= 4 is 0 Å². The van der Waals surface area contributed by atoms with Gasteiger partial charge in [-0.25, -0.2) is 4.98 Å². The molecule has 1 aliphatic rings. The van der Waals surface area contributed by atoms with Crippen molar-refractivity contribution in [2.75, 3.05) is 0 Å². The van der Waals surface area contributed by atoms with E-state index >= 15 is 0 Å². The van der Waals surface area contributed by atoms with Crippen molar-refractivity contribution in [3.8, 4) is 0 Å². The maximum Gasteiger partial charge on any atom is 0.153 e. The number of nitrogens with two attached hydrogens (primary N) is 1. The predicted octanol–water partition coefficient (Wildman–Crippen LogP) is 1.74. The summed E-state index contributed by atoms with van der Waals surface area (Å²) in [5, 5.41) is 7.32. The lowest BCUT2D eigenvalue weighted by atomic mass is 9.86. The number of hydrogen-bond donors (Lipinski definition) is 2. The summed E-state index contributed by atoms with van der Waals surface area (Å²) in [6.07, 6.45) is 6.71. The van der Waals surface area contributed by atoms with Crippen LogP contribution in [0.5, 0.6) is 0 Å². The van der Waals surface area contributed by atoms with Crippen LogP contribution in [-0.2, 0) is 6.42 Å². The number of aromatic nitrogens is 3. The minimum atomic E-state index is 0.344. The van der Waals surface area contributed by atoms with E-state index in [9.17, 15) is 0 Å². The standard InChI is InChI=1S/C11H20N4/c1-2-4-10-13-11(15-14-10)8-5-3-6-9(12)7-8/h8-9H,2-7,12H2,1H3,(H,13,14,15). The largest absolute Gasteiger partial charge is 0.328 e. The Balaban J connectivity index is 2.01. The van der Waals surface area contributed by atoms with Crippen molar-refractivity contribution < 1.29 is 0 Å². The molecule has 1 heterocycles. The normalized spacial score (nSPS) is 26.8. The summed E-state index contributed by atoms with van der Waals surface area (Å²) in [4.78, 5) is 4.54. The van der Waals surface area contributed by atoms with Gasteiger partial charge in [-0.3, -0.25) is 5.10 Å². The number of aryl methyl sites for hydroxylation is 1. The van der Waals surface area contributed by atoms with Crippen molar-refractivity contribution in [3.63, 3.8) is 0 Å². The van der Waals surface area contributed by atoms with Gasteiger partial charge in [-0.1, -0.05) is 13.3 Å². The zero-order valence-corrected chi connectivity index (χ0v) is 9.37. The van der Waals surface area contributed by atoms with Gasteiger partial charge in [-0.15, -0.1) is 0 Å². The molecule has 2 rings (SSSR count). The number of hydrogen-bond acceptors (Lipinski definition) is 3. The van der Waals surface area contributed by atoms with Crippen LogP contribution in [-0.4, -0.2) is 21.2 Å². The van der Waals surface area contributed by atoms with E-state index in [1.807, 2.05) is 0 Å². The van der Waals surface area contributed by atoms with E-state index in [4.69, 9.17) is 5.73 Å². The number of H-pyrrole nitrogens is 1. The van der Waals surface area contributed by atoms with Gasteiger partial charge in [0.25, 0.3) is 0 Å². The van der Waals surface area contributed by atoms with Crippen LogP contribution in [0.1, 0.15) is 56.6 Å². The fourth-order valence-electron chi connectivity index (χ4n) is 2.30. The van der Waals surface area contributed by atoms with Gasteiger partial charge < -0.3 is 5.73 Å². The quantitative estimate of drug-likeness (QED) is 0.795. The van der Waals surface area contributed by atoms with E-state index < -0.39 is 0 Å². The number of nitrogens with zero attached hydrogens (tertiary/aromatic N) is 2. The van der Waals surface area contributed by atoms with Crippen LogP contribution >= 0.6 is 0 Å². The molecule has 1 aromatic heterocycles. The van der Waals surface area contributed by atoms with Crippen LogP contribution in [0.25, 0.3) is 0 Å². The summed E-state index contributed by atoms with van der Waals surface area (Å²) in [5.74, 6) is 2.48. The maximum absolute atomic E-state index is 5.96. The summed E-state index contributed by atoms with van der Waals surface area (Å²) >= 11 is 0. The van der Waals surface area contributed by atoms with Gasteiger partial charge in [0.05, 0.1) is 0 Å². The third kappa shape index (κ3) is 2.56. The number of aromatic amines is 1. The third-order valence-corrected chi connectivity index (χ3v) is 3.12. The Kier molecular flexibility index (Phi) is 3.36. The zero-order chi connectivity index (χ0) is 10.7. The Morgan fingerprint density at radius 1 is 1.47 bits per heavy atom. The Bertz CT molecular complexity index is 307. The van der Waals surface area contributed by atoms with Crippen LogP contribution in [0, 0.1) is 0 Å². The van der Waals surface area contributed by atoms with Crippen molar-refractivity contribution in [1.82, 2.24) is 15.2 Å². The van der Waals surface area contributed by atoms with E-state index in [1.165, 1.54) is 12.8 Å². The van der Waals surface area contributed by atoms with Gasteiger partial charge in [-0.05, 0) is 25.7 Å². The first-order chi connectivity index (χ1) is 7.29. The predicted molar refractivity (Wildman–Crippen MR) is 59.6 cm³/mol. The smallest absolute Gasteiger partial charge is 0.153 e. The molecule has 1 fully saturated rings. The molecule has 0 aromatic carbocycles. The van der Waals surface area contributed by atoms with Gasteiger partial charge in [-0.2, -0.15) is 5.10 Å². The molecule has 15 heavy (non-hydrogen) atoms. The molecule has 0 bridgehead atoms. The van der Waals surface area contributed by atoms with Gasteiger partial charge in [0, 0.05) is 18.4 Å². The highest BCUT2D eigenvalue weighted by Crippen LogP contribution is 2.29. The first-order valence-electron chi connectivity index (χ1n) is 5.96. The van der Waals surface area contributed by atoms with Gasteiger partial charge in [0.15, 0.2) is 5.82 Å². The summed E-state index contributed by atoms with van der Waals surface area (Å²) in [7, 11) is 0. The molecule has 84 valence electrons. The van der Waals surface area contributed by atoms with Gasteiger partial charge in [0.1, 0.15) is 5.82 Å². The average Bonchev–Trinajstić information content (AvgIpc) is 2.67. The highest BCUT2D eigenvalue weighted by atomic mass is 15.2. The average molecular weight is 208 g/mol. The molecule has 1 aromatic rings. The van der Waals surface area contributed by atoms with Crippen LogP contribution in [0.3, 0.4) is 0 Å². The Morgan fingerprint density at radius 2 is 2.33 bits per heavy atom. The van der Waals surface area contributed by atoms with Crippen molar-refractivity contribution in [1.29, 1.82) is 0 Å². The summed E-state index contributed by atoms with van der Waals surface area (Å²) in [6, 6.07) is 0.344. The fourth-order valence-corrected chi connectivity index (χ4v) is 2.30. The number of rotatable bonds is 3. The van der Waals surface area contributed by atoms with Crippen molar-refractivity contribution in [2.24, 2.45) is 5.73 Å². The second-order valence-corrected chi connectivity index (χ2v) is 4.51. The molecule has 0 radical (unpaired) electrons. The minimum absolute atomic E-state index is 0.344. The van der Waals surface area contributed by atoms with E-state index in [-0.39, 0.29) is 0 Å². The third-order valence-electron chi connectivity index (χ3n) is 3.12. The molecule has 0 spiro atoms. The second kappa shape index (κ2) is 4.75. The van der Waals surface area contributed by atoms with Crippen molar-refractivity contribution in [2.45, 2.75) is 57.4 Å². The molecule has 4 heteroatoms. The molecule has 2 atom stereocenters. The van der Waals surface area contributed by atoms with Crippen LogP contribution < -0.4 is 5.73 Å². The summed E-state index contributed by atoms with van der Waals surface area (Å²) < 4.78 is 0. The van der Waals surface area contributed by atoms with Crippen LogP contribution in [0.4, 0.5) is 0 Å². The summed E-state index contributed by atoms with van der Waals surface area (Å²) in [5.41, 5.74) is 5.96. The molecule has 1 saturated carbocycles. The monoisotopic (exact) mass is 208 g/mol. The molecule has 0 saturated heterocycles. The van der Waals surface area contributed by atoms with E-state index in [1.54, 1.807) is 0 Å². The lowest BCUT2D eigenvalue weighted by molar-refractivity contribution is 0.382. The molecular formula is C11H20N4. The molecular weight excluding hydrogens is 188 g/mol. The van der Waals surface area contributed by atoms with E-state index in [0.717, 1.165) is 37.3 Å². The van der Waals surface area contributed by atoms with Crippen molar-refractivity contribution in [3.05, 3.63) is 11.6 Å². The highest BCUT2D eigenvalue weighted by molar-refractivity contribution is 5.00. The van der Waals surface area contributed by atoms with E-state index in [2.05, 4.69) is 22.1 Å². The Labute approximate surface area is 90.7 Å². The Morgan fingerprint density at radius 3 is 3.07 bits per heavy atom. The molecule has 1 aliphatic carbocycles. The van der Waals surface area contributed by atoms with E-state index in [0.29, 0.717) is 12.0 Å². The van der Waals surface area contributed by atoms with Crippen LogP contribution in [0.2, 0.25) is 0 Å². The zero-order valence-electron chi connectivity index (χ0n) is 9.37. The maximum atomic E-state index is 5.96. The Hall–Kier alpha value is -0.900. The fraction of sp³-hybridized carbons (Fsp3) is 0.818. The lowest BCUT2D eigenvalue weighted by Gasteiger charge is -2.24. The second-order valence-electron chi connectivity index (χ2n) is 4.51. The van der Waals surface area contributed by atoms with Gasteiger partial charge >= 0.3 is 0 Å². The highest BCUT2D eigenvalue weighted by Gasteiger charge is 2.23. The molecule has 4 nitrogen and oxygen atoms in total. The molecule has 2 unspecified atom stereocenters. The topological polar surface area (TPSA) is 67.6 Å². The molecule has 3 N–H and O–H groups in total. The minimum Gasteiger partial charge on any atom is -0.328 e. The SMILES string of the molecule is CCCc1nc(C2CCCC(N)C2)n[nH]1. The lowest BCUT2D eigenvalue weighted by Crippen LogP contribution is -2.27. The summed E-state index contributed by atoms with van der Waals surface area (Å²) in [6.45, 7) is 2.15. The molecule has 0 amide bonds. The van der Waals surface area contributed by atoms with Gasteiger partial charge in [0.2, 0.25) is 0 Å². The van der Waals surface area contributed by atoms with Crippen LogP contribution in [0.15, 0.2) is 0 Å². The number of nitrogens with one attached hydrogen (secondary N) is 1. The first-order valence-corrected chi connectivity index (χ1v) is 5.96. The first kappa shape index (κ1) is 10.6. The molecule has 0 aliphatic heterocycles.